The highest BCUT2D eigenvalue weighted by Crippen LogP contribution is 2.34. The maximum Gasteiger partial charge on any atom is 0.280 e. The van der Waals surface area contributed by atoms with Gasteiger partial charge in [-0.25, -0.2) is 10.5 Å². The number of carbonyl (C=O) groups is 1. The Bertz CT molecular complexity index is 1690. The molecule has 3 heterocycles. The van der Waals surface area contributed by atoms with E-state index in [-0.39, 0.29) is 16.9 Å². The molecule has 0 spiro atoms. The zero-order valence-electron chi connectivity index (χ0n) is 22.9. The van der Waals surface area contributed by atoms with Gasteiger partial charge in [0.25, 0.3) is 5.91 Å². The number of likely N-dealkylation sites (tertiary alicyclic amines) is 1. The summed E-state index contributed by atoms with van der Waals surface area (Å²) in [5.74, 6) is -0.403. The van der Waals surface area contributed by atoms with Gasteiger partial charge in [0, 0.05) is 36.9 Å². The van der Waals surface area contributed by atoms with Crippen LogP contribution in [0.2, 0.25) is 0 Å². The summed E-state index contributed by atoms with van der Waals surface area (Å²) in [4.78, 5) is 41.7. The van der Waals surface area contributed by atoms with Gasteiger partial charge in [-0.2, -0.15) is 4.98 Å². The van der Waals surface area contributed by atoms with Crippen LogP contribution in [0.3, 0.4) is 0 Å². The Hall–Kier alpha value is -4.16. The Labute approximate surface area is 236 Å². The SMILES string of the molecule is CONC(=O)c1cn(-c2ccc3c(c2)CCC3)c2nc(Nc3ccc([C@@]4(O)CCN(C)C[C@@H]4O)cc3)ncc2c1=O. The summed E-state index contributed by atoms with van der Waals surface area (Å²) in [6.07, 6.45) is 5.52. The first-order valence-electron chi connectivity index (χ1n) is 13.6. The van der Waals surface area contributed by atoms with Gasteiger partial charge in [0.05, 0.1) is 18.6 Å². The molecular formula is C30H32N6O5. The molecule has 6 rings (SSSR count). The van der Waals surface area contributed by atoms with Crippen LogP contribution in [-0.2, 0) is 23.3 Å². The lowest BCUT2D eigenvalue weighted by Gasteiger charge is -2.41. The number of piperidine rings is 1. The number of hydroxylamine groups is 1. The van der Waals surface area contributed by atoms with Crippen molar-refractivity contribution in [1.82, 2.24) is 24.9 Å². The predicted molar refractivity (Wildman–Crippen MR) is 153 cm³/mol. The van der Waals surface area contributed by atoms with Crippen molar-refractivity contribution in [3.05, 3.63) is 87.3 Å². The van der Waals surface area contributed by atoms with Gasteiger partial charge in [0.1, 0.15) is 11.2 Å². The zero-order chi connectivity index (χ0) is 28.7. The molecule has 0 saturated carbocycles. The number of carbonyl (C=O) groups excluding carboxylic acids is 1. The van der Waals surface area contributed by atoms with E-state index in [2.05, 4.69) is 32.9 Å². The summed E-state index contributed by atoms with van der Waals surface area (Å²) in [6.45, 7) is 1.07. The molecule has 2 aromatic heterocycles. The van der Waals surface area contributed by atoms with Crippen molar-refractivity contribution in [2.24, 2.45) is 0 Å². The molecule has 4 N–H and O–H groups in total. The lowest BCUT2D eigenvalue weighted by atomic mass is 9.82. The molecule has 1 amide bonds. The number of benzene rings is 2. The third-order valence-corrected chi connectivity index (χ3v) is 8.10. The van der Waals surface area contributed by atoms with Crippen LogP contribution in [0.25, 0.3) is 16.7 Å². The van der Waals surface area contributed by atoms with Crippen molar-refractivity contribution >= 4 is 28.6 Å². The summed E-state index contributed by atoms with van der Waals surface area (Å²) < 4.78 is 1.73. The van der Waals surface area contributed by atoms with Crippen LogP contribution < -0.4 is 16.2 Å². The second-order valence-corrected chi connectivity index (χ2v) is 10.8. The van der Waals surface area contributed by atoms with Gasteiger partial charge in [-0.1, -0.05) is 18.2 Å². The monoisotopic (exact) mass is 556 g/mol. The van der Waals surface area contributed by atoms with Crippen molar-refractivity contribution in [3.8, 4) is 5.69 Å². The lowest BCUT2D eigenvalue weighted by molar-refractivity contribution is -0.120. The van der Waals surface area contributed by atoms with Crippen LogP contribution in [0.15, 0.2) is 59.7 Å². The Morgan fingerprint density at radius 2 is 1.93 bits per heavy atom. The van der Waals surface area contributed by atoms with Crippen molar-refractivity contribution in [2.75, 3.05) is 32.6 Å². The van der Waals surface area contributed by atoms with Crippen molar-refractivity contribution < 1.29 is 19.8 Å². The van der Waals surface area contributed by atoms with E-state index in [9.17, 15) is 19.8 Å². The number of aromatic nitrogens is 3. The largest absolute Gasteiger partial charge is 0.388 e. The molecule has 2 atom stereocenters. The van der Waals surface area contributed by atoms with E-state index in [1.54, 1.807) is 28.8 Å². The first-order valence-corrected chi connectivity index (χ1v) is 13.6. The molecule has 11 nitrogen and oxygen atoms in total. The number of fused-ring (bicyclic) bond motifs is 2. The molecule has 4 aromatic rings. The molecular weight excluding hydrogens is 524 g/mol. The van der Waals surface area contributed by atoms with E-state index in [0.717, 1.165) is 24.9 Å². The van der Waals surface area contributed by atoms with Gasteiger partial charge in [-0.15, -0.1) is 0 Å². The van der Waals surface area contributed by atoms with Crippen LogP contribution in [-0.4, -0.2) is 68.9 Å². The summed E-state index contributed by atoms with van der Waals surface area (Å²) in [5, 5.41) is 25.1. The number of hydrogen-bond donors (Lipinski definition) is 4. The van der Waals surface area contributed by atoms with Crippen LogP contribution in [0.5, 0.6) is 0 Å². The Kier molecular flexibility index (Phi) is 7.04. The highest BCUT2D eigenvalue weighted by Gasteiger charge is 2.41. The number of aliphatic hydroxyl groups excluding tert-OH is 1. The van der Waals surface area contributed by atoms with Crippen LogP contribution in [0.4, 0.5) is 11.6 Å². The van der Waals surface area contributed by atoms with Crippen LogP contribution in [0, 0.1) is 0 Å². The van der Waals surface area contributed by atoms with E-state index in [1.807, 2.05) is 18.0 Å². The van der Waals surface area contributed by atoms with E-state index >= 15 is 0 Å². The second kappa shape index (κ2) is 10.7. The minimum atomic E-state index is -1.32. The number of anilines is 2. The number of nitrogens with zero attached hydrogens (tertiary/aromatic N) is 4. The summed E-state index contributed by atoms with van der Waals surface area (Å²) in [7, 11) is 3.22. The van der Waals surface area contributed by atoms with Gasteiger partial charge >= 0.3 is 0 Å². The number of pyridine rings is 1. The number of aliphatic hydroxyl groups is 2. The van der Waals surface area contributed by atoms with E-state index < -0.39 is 23.0 Å². The molecule has 1 saturated heterocycles. The first kappa shape index (κ1) is 27.0. The number of β-amino-alcohol motifs (C(OH)–C–C–N with tert-alkyl or cyclic N) is 1. The number of amides is 1. The smallest absolute Gasteiger partial charge is 0.280 e. The highest BCUT2D eigenvalue weighted by atomic mass is 16.6. The Morgan fingerprint density at radius 3 is 2.68 bits per heavy atom. The number of rotatable bonds is 6. The predicted octanol–water partition coefficient (Wildman–Crippen LogP) is 2.19. The van der Waals surface area contributed by atoms with E-state index in [4.69, 9.17) is 4.84 Å². The normalized spacial score (nSPS) is 20.6. The summed E-state index contributed by atoms with van der Waals surface area (Å²) in [5.41, 5.74) is 5.28. The number of hydrogen-bond acceptors (Lipinski definition) is 9. The van der Waals surface area contributed by atoms with Crippen LogP contribution >= 0.6 is 0 Å². The molecule has 1 aliphatic carbocycles. The molecule has 11 heteroatoms. The van der Waals surface area contributed by atoms with Gasteiger partial charge in [-0.05, 0) is 73.7 Å². The van der Waals surface area contributed by atoms with Gasteiger partial charge in [0.2, 0.25) is 11.4 Å². The summed E-state index contributed by atoms with van der Waals surface area (Å²) >= 11 is 0. The molecule has 2 aliphatic rings. The Morgan fingerprint density at radius 1 is 1.15 bits per heavy atom. The highest BCUT2D eigenvalue weighted by molar-refractivity contribution is 5.96. The maximum absolute atomic E-state index is 13.3. The quantitative estimate of drug-likeness (QED) is 0.263. The summed E-state index contributed by atoms with van der Waals surface area (Å²) in [6, 6.07) is 13.2. The van der Waals surface area contributed by atoms with Gasteiger partial charge in [0.15, 0.2) is 5.65 Å². The van der Waals surface area contributed by atoms with E-state index in [0.29, 0.717) is 36.4 Å². The third kappa shape index (κ3) is 4.97. The molecule has 0 unspecified atom stereocenters. The third-order valence-electron chi connectivity index (χ3n) is 8.10. The molecule has 0 bridgehead atoms. The van der Waals surface area contributed by atoms with E-state index in [1.165, 1.54) is 30.6 Å². The van der Waals surface area contributed by atoms with Crippen molar-refractivity contribution in [3.63, 3.8) is 0 Å². The fourth-order valence-corrected chi connectivity index (χ4v) is 5.76. The zero-order valence-corrected chi connectivity index (χ0v) is 22.9. The standard InChI is InChI=1S/C30H32N6O5/c1-35-13-12-30(40,25(37)17-35)20-7-9-21(10-8-20)32-29-31-15-23-26(38)24(28(39)34-41-2)16-36(27(23)33-29)22-11-6-18-4-3-5-19(18)14-22/h6-11,14-16,25,37,40H,3-5,12-13,17H2,1-2H3,(H,34,39)(H,31,32,33)/t25-,30-/m0/s1. The maximum atomic E-state index is 13.3. The van der Waals surface area contributed by atoms with Crippen molar-refractivity contribution in [1.29, 1.82) is 0 Å². The first-order chi connectivity index (χ1) is 19.8. The molecule has 2 aromatic carbocycles. The average molecular weight is 557 g/mol. The number of likely N-dealkylation sites (N-methyl/N-ethyl adjacent to an activating group) is 1. The van der Waals surface area contributed by atoms with Gasteiger partial charge in [-0.3, -0.25) is 14.4 Å². The topological polar surface area (TPSA) is 142 Å². The molecule has 1 aliphatic heterocycles. The minimum absolute atomic E-state index is 0.0891. The molecule has 41 heavy (non-hydrogen) atoms. The number of aryl methyl sites for hydroxylation is 2. The fourth-order valence-electron chi connectivity index (χ4n) is 5.76. The van der Waals surface area contributed by atoms with Crippen molar-refractivity contribution in [2.45, 2.75) is 37.4 Å². The second-order valence-electron chi connectivity index (χ2n) is 10.8. The molecule has 1 fully saturated rings. The fraction of sp³-hybridized carbons (Fsp3) is 0.333. The van der Waals surface area contributed by atoms with Gasteiger partial charge < -0.3 is 25.0 Å². The molecule has 212 valence electrons. The molecule has 0 radical (unpaired) electrons. The average Bonchev–Trinajstić information content (AvgIpc) is 3.44. The minimum Gasteiger partial charge on any atom is -0.388 e. The van der Waals surface area contributed by atoms with Crippen LogP contribution in [0.1, 0.15) is 39.9 Å². The number of nitrogens with one attached hydrogen (secondary N) is 2. The Balaban J connectivity index is 1.37. The lowest BCUT2D eigenvalue weighted by Crippen LogP contribution is -2.52.